The largest absolute Gasteiger partial charge is 0.326 e. The first-order valence-corrected chi connectivity index (χ1v) is 7.71. The lowest BCUT2D eigenvalue weighted by atomic mass is 10.1. The van der Waals surface area contributed by atoms with Crippen LogP contribution in [0.5, 0.6) is 0 Å². The number of pyridine rings is 1. The molecule has 6 nitrogen and oxygen atoms in total. The van der Waals surface area contributed by atoms with Crippen LogP contribution in [0.3, 0.4) is 0 Å². The number of hydrazone groups is 1. The van der Waals surface area contributed by atoms with Gasteiger partial charge >= 0.3 is 0 Å². The average Bonchev–Trinajstić information content (AvgIpc) is 2.60. The predicted octanol–water partition coefficient (Wildman–Crippen LogP) is 2.78. The van der Waals surface area contributed by atoms with E-state index in [0.29, 0.717) is 11.3 Å². The summed E-state index contributed by atoms with van der Waals surface area (Å²) in [6, 6.07) is 11.0. The van der Waals surface area contributed by atoms with Crippen molar-refractivity contribution >= 4 is 23.2 Å². The molecule has 6 heteroatoms. The topological polar surface area (TPSA) is 83.5 Å². The highest BCUT2D eigenvalue weighted by atomic mass is 16.2. The summed E-state index contributed by atoms with van der Waals surface area (Å²) in [7, 11) is 0. The average molecular weight is 324 g/mol. The van der Waals surface area contributed by atoms with E-state index < -0.39 is 0 Å². The molecule has 0 bridgehead atoms. The molecule has 0 fully saturated rings. The van der Waals surface area contributed by atoms with Crippen LogP contribution in [0.2, 0.25) is 0 Å². The van der Waals surface area contributed by atoms with E-state index in [1.165, 1.54) is 6.20 Å². The zero-order chi connectivity index (χ0) is 17.4. The molecule has 2 N–H and O–H groups in total. The fourth-order valence-electron chi connectivity index (χ4n) is 2.12. The van der Waals surface area contributed by atoms with Gasteiger partial charge in [-0.15, -0.1) is 0 Å². The van der Waals surface area contributed by atoms with Crippen molar-refractivity contribution < 1.29 is 9.59 Å². The van der Waals surface area contributed by atoms with Gasteiger partial charge in [0.1, 0.15) is 0 Å². The van der Waals surface area contributed by atoms with Crippen molar-refractivity contribution in [2.75, 3.05) is 5.32 Å². The van der Waals surface area contributed by atoms with E-state index in [9.17, 15) is 9.59 Å². The second-order valence-corrected chi connectivity index (χ2v) is 5.27. The standard InChI is InChI=1S/C18H20N4O2/c1-3-14-7-4-5-9-16(14)20-17(23)11-13(2)21-22-18(24)15-8-6-10-19-12-15/h4-10,12H,3,11H2,1-2H3,(H,20,23)(H,22,24). The minimum absolute atomic E-state index is 0.103. The van der Waals surface area contributed by atoms with E-state index in [4.69, 9.17) is 0 Å². The number of hydrogen-bond acceptors (Lipinski definition) is 4. The third-order valence-electron chi connectivity index (χ3n) is 3.36. The van der Waals surface area contributed by atoms with Crippen LogP contribution in [0.1, 0.15) is 36.2 Å². The smallest absolute Gasteiger partial charge is 0.272 e. The summed E-state index contributed by atoms with van der Waals surface area (Å²) >= 11 is 0. The van der Waals surface area contributed by atoms with Crippen molar-refractivity contribution in [1.29, 1.82) is 0 Å². The van der Waals surface area contributed by atoms with Crippen LogP contribution in [0.15, 0.2) is 53.9 Å². The number of carbonyl (C=O) groups is 2. The number of amides is 2. The zero-order valence-corrected chi connectivity index (χ0v) is 13.7. The highest BCUT2D eigenvalue weighted by Gasteiger charge is 2.08. The highest BCUT2D eigenvalue weighted by molar-refractivity contribution is 6.06. The number of para-hydroxylation sites is 1. The van der Waals surface area contributed by atoms with Crippen molar-refractivity contribution in [2.45, 2.75) is 26.7 Å². The Kier molecular flexibility index (Phi) is 6.19. The molecule has 0 aliphatic rings. The van der Waals surface area contributed by atoms with Crippen LogP contribution >= 0.6 is 0 Å². The first-order chi connectivity index (χ1) is 11.6. The van der Waals surface area contributed by atoms with E-state index >= 15 is 0 Å². The van der Waals surface area contributed by atoms with Gasteiger partial charge < -0.3 is 5.32 Å². The predicted molar refractivity (Wildman–Crippen MR) is 93.9 cm³/mol. The number of hydrogen-bond donors (Lipinski definition) is 2. The molecule has 0 aliphatic heterocycles. The third-order valence-corrected chi connectivity index (χ3v) is 3.36. The van der Waals surface area contributed by atoms with Crippen molar-refractivity contribution in [3.05, 3.63) is 59.9 Å². The number of rotatable bonds is 6. The number of nitrogens with one attached hydrogen (secondary N) is 2. The Morgan fingerprint density at radius 2 is 1.96 bits per heavy atom. The van der Waals surface area contributed by atoms with Crippen LogP contribution in [-0.4, -0.2) is 22.5 Å². The van der Waals surface area contributed by atoms with Gasteiger partial charge in [0.2, 0.25) is 5.91 Å². The molecule has 124 valence electrons. The van der Waals surface area contributed by atoms with Crippen LogP contribution in [0, 0.1) is 0 Å². The fraction of sp³-hybridized carbons (Fsp3) is 0.222. The van der Waals surface area contributed by atoms with Gasteiger partial charge in [-0.25, -0.2) is 5.43 Å². The molecule has 1 heterocycles. The van der Waals surface area contributed by atoms with Crippen molar-refractivity contribution in [1.82, 2.24) is 10.4 Å². The molecule has 0 aliphatic carbocycles. The van der Waals surface area contributed by atoms with Crippen LogP contribution in [-0.2, 0) is 11.2 Å². The van der Waals surface area contributed by atoms with Crippen LogP contribution in [0.25, 0.3) is 0 Å². The number of benzene rings is 1. The SMILES string of the molecule is CCc1ccccc1NC(=O)CC(C)=NNC(=O)c1cccnc1. The van der Waals surface area contributed by atoms with Crippen molar-refractivity contribution in [2.24, 2.45) is 5.10 Å². The normalized spacial score (nSPS) is 11.0. The molecular formula is C18H20N4O2. The molecule has 0 saturated carbocycles. The second kappa shape index (κ2) is 8.57. The number of aromatic nitrogens is 1. The number of aryl methyl sites for hydroxylation is 1. The minimum Gasteiger partial charge on any atom is -0.326 e. The van der Waals surface area contributed by atoms with Gasteiger partial charge in [-0.2, -0.15) is 5.10 Å². The van der Waals surface area contributed by atoms with E-state index in [1.807, 2.05) is 31.2 Å². The van der Waals surface area contributed by atoms with Gasteiger partial charge in [0.05, 0.1) is 12.0 Å². The lowest BCUT2D eigenvalue weighted by Gasteiger charge is -2.09. The molecule has 1 aromatic heterocycles. The van der Waals surface area contributed by atoms with E-state index in [0.717, 1.165) is 17.7 Å². The molecule has 0 radical (unpaired) electrons. The minimum atomic E-state index is -0.362. The van der Waals surface area contributed by atoms with E-state index in [1.54, 1.807) is 25.3 Å². The Balaban J connectivity index is 1.90. The van der Waals surface area contributed by atoms with Crippen LogP contribution < -0.4 is 10.7 Å². The first-order valence-electron chi connectivity index (χ1n) is 7.71. The van der Waals surface area contributed by atoms with Gasteiger partial charge in [-0.3, -0.25) is 14.6 Å². The summed E-state index contributed by atoms with van der Waals surface area (Å²) in [5.74, 6) is -0.535. The summed E-state index contributed by atoms with van der Waals surface area (Å²) in [6.07, 6.45) is 3.98. The summed E-state index contributed by atoms with van der Waals surface area (Å²) < 4.78 is 0. The van der Waals surface area contributed by atoms with Crippen LogP contribution in [0.4, 0.5) is 5.69 Å². The number of carbonyl (C=O) groups excluding carboxylic acids is 2. The van der Waals surface area contributed by atoms with Gasteiger partial charge in [0.25, 0.3) is 5.91 Å². The number of nitrogens with zero attached hydrogens (tertiary/aromatic N) is 2. The van der Waals surface area contributed by atoms with E-state index in [2.05, 4.69) is 20.8 Å². The molecule has 2 rings (SSSR count). The molecule has 0 unspecified atom stereocenters. The highest BCUT2D eigenvalue weighted by Crippen LogP contribution is 2.15. The first kappa shape index (κ1) is 17.3. The quantitative estimate of drug-likeness (QED) is 0.633. The monoisotopic (exact) mass is 324 g/mol. The molecule has 2 amide bonds. The van der Waals surface area contributed by atoms with Crippen molar-refractivity contribution in [3.63, 3.8) is 0 Å². The second-order valence-electron chi connectivity index (χ2n) is 5.27. The number of anilines is 1. The Morgan fingerprint density at radius 3 is 2.67 bits per heavy atom. The Labute approximate surface area is 141 Å². The Hall–Kier alpha value is -3.02. The lowest BCUT2D eigenvalue weighted by molar-refractivity contribution is -0.115. The maximum Gasteiger partial charge on any atom is 0.272 e. The molecule has 0 spiro atoms. The molecule has 24 heavy (non-hydrogen) atoms. The Morgan fingerprint density at radius 1 is 1.17 bits per heavy atom. The van der Waals surface area contributed by atoms with Gasteiger partial charge in [0, 0.05) is 23.8 Å². The maximum absolute atomic E-state index is 12.1. The molecule has 0 saturated heterocycles. The summed E-state index contributed by atoms with van der Waals surface area (Å²) in [4.78, 5) is 27.8. The van der Waals surface area contributed by atoms with E-state index in [-0.39, 0.29) is 18.2 Å². The third kappa shape index (κ3) is 5.01. The molecular weight excluding hydrogens is 304 g/mol. The van der Waals surface area contributed by atoms with Gasteiger partial charge in [0.15, 0.2) is 0 Å². The zero-order valence-electron chi connectivity index (χ0n) is 13.7. The lowest BCUT2D eigenvalue weighted by Crippen LogP contribution is -2.21. The molecule has 0 atom stereocenters. The fourth-order valence-corrected chi connectivity index (χ4v) is 2.12. The molecule has 1 aromatic carbocycles. The van der Waals surface area contributed by atoms with Gasteiger partial charge in [-0.05, 0) is 37.1 Å². The summed E-state index contributed by atoms with van der Waals surface area (Å²) in [5.41, 5.74) is 5.22. The maximum atomic E-state index is 12.1. The van der Waals surface area contributed by atoms with Crippen molar-refractivity contribution in [3.8, 4) is 0 Å². The summed E-state index contributed by atoms with van der Waals surface area (Å²) in [6.45, 7) is 3.72. The Bertz CT molecular complexity index is 742. The molecule has 2 aromatic rings. The van der Waals surface area contributed by atoms with Gasteiger partial charge in [-0.1, -0.05) is 25.1 Å². The summed E-state index contributed by atoms with van der Waals surface area (Å²) in [5, 5.41) is 6.82.